The molecule has 0 unspecified atom stereocenters. The molecule has 0 aliphatic carbocycles. The summed E-state index contributed by atoms with van der Waals surface area (Å²) in [7, 11) is 0. The highest BCUT2D eigenvalue weighted by Gasteiger charge is 1.98. The first kappa shape index (κ1) is 15.6. The normalized spacial score (nSPS) is 10.5. The maximum Gasteiger partial charge on any atom is 0.119 e. The predicted octanol–water partition coefficient (Wildman–Crippen LogP) is 4.20. The number of benzene rings is 2. The Hall–Kier alpha value is -1.80. The van der Waals surface area contributed by atoms with Gasteiger partial charge in [-0.2, -0.15) is 0 Å². The lowest BCUT2D eigenvalue weighted by Crippen LogP contribution is -2.14. The van der Waals surface area contributed by atoms with Crippen LogP contribution in [-0.2, 0) is 13.0 Å². The van der Waals surface area contributed by atoms with Crippen LogP contribution in [0, 0.1) is 0 Å². The van der Waals surface area contributed by atoms with Crippen LogP contribution in [0.15, 0.2) is 54.6 Å². The number of hydrogen-bond donors (Lipinski definition) is 1. The van der Waals surface area contributed by atoms with Gasteiger partial charge in [-0.3, -0.25) is 0 Å². The standard InChI is InChI=1S/C19H25NO/c1-2-3-13-20-16-18-10-7-11-19(15-18)21-14-12-17-8-5-4-6-9-17/h4-11,15,20H,2-3,12-14,16H2,1H3. The third-order valence-corrected chi connectivity index (χ3v) is 3.44. The smallest absolute Gasteiger partial charge is 0.119 e. The second-order valence-electron chi connectivity index (χ2n) is 5.26. The van der Waals surface area contributed by atoms with Gasteiger partial charge in [0.25, 0.3) is 0 Å². The Bertz CT molecular complexity index is 510. The molecule has 0 heterocycles. The van der Waals surface area contributed by atoms with Crippen LogP contribution in [0.3, 0.4) is 0 Å². The minimum atomic E-state index is 0.719. The van der Waals surface area contributed by atoms with Gasteiger partial charge in [0.05, 0.1) is 6.61 Å². The maximum atomic E-state index is 5.85. The molecule has 2 rings (SSSR count). The predicted molar refractivity (Wildman–Crippen MR) is 88.7 cm³/mol. The molecule has 0 bridgehead atoms. The summed E-state index contributed by atoms with van der Waals surface area (Å²) in [6.45, 7) is 4.92. The topological polar surface area (TPSA) is 21.3 Å². The molecule has 0 amide bonds. The van der Waals surface area contributed by atoms with Gasteiger partial charge in [0.1, 0.15) is 5.75 Å². The third kappa shape index (κ3) is 6.01. The first-order valence-electron chi connectivity index (χ1n) is 7.85. The fourth-order valence-electron chi connectivity index (χ4n) is 2.21. The highest BCUT2D eigenvalue weighted by Crippen LogP contribution is 2.14. The lowest BCUT2D eigenvalue weighted by atomic mass is 10.2. The summed E-state index contributed by atoms with van der Waals surface area (Å²) in [5, 5.41) is 3.46. The van der Waals surface area contributed by atoms with Gasteiger partial charge >= 0.3 is 0 Å². The number of rotatable bonds is 9. The molecule has 0 saturated carbocycles. The van der Waals surface area contributed by atoms with E-state index >= 15 is 0 Å². The molecule has 112 valence electrons. The van der Waals surface area contributed by atoms with E-state index in [-0.39, 0.29) is 0 Å². The van der Waals surface area contributed by atoms with Crippen molar-refractivity contribution in [2.45, 2.75) is 32.7 Å². The molecule has 0 aromatic heterocycles. The molecule has 0 fully saturated rings. The van der Waals surface area contributed by atoms with Gasteiger partial charge in [0.2, 0.25) is 0 Å². The Morgan fingerprint density at radius 2 is 1.76 bits per heavy atom. The molecule has 0 spiro atoms. The van der Waals surface area contributed by atoms with Crippen molar-refractivity contribution >= 4 is 0 Å². The van der Waals surface area contributed by atoms with Crippen LogP contribution in [0.5, 0.6) is 5.75 Å². The quantitative estimate of drug-likeness (QED) is 0.696. The van der Waals surface area contributed by atoms with Crippen molar-refractivity contribution in [2.75, 3.05) is 13.2 Å². The van der Waals surface area contributed by atoms with Gasteiger partial charge < -0.3 is 10.1 Å². The summed E-state index contributed by atoms with van der Waals surface area (Å²) in [5.74, 6) is 0.959. The molecule has 0 atom stereocenters. The van der Waals surface area contributed by atoms with Crippen LogP contribution in [-0.4, -0.2) is 13.2 Å². The molecular weight excluding hydrogens is 258 g/mol. The molecule has 0 saturated heterocycles. The summed E-state index contributed by atoms with van der Waals surface area (Å²) in [6, 6.07) is 18.8. The van der Waals surface area contributed by atoms with Gasteiger partial charge in [0, 0.05) is 13.0 Å². The van der Waals surface area contributed by atoms with E-state index in [4.69, 9.17) is 4.74 Å². The van der Waals surface area contributed by atoms with E-state index in [2.05, 4.69) is 54.7 Å². The summed E-state index contributed by atoms with van der Waals surface area (Å²) < 4.78 is 5.85. The summed E-state index contributed by atoms with van der Waals surface area (Å²) in [6.07, 6.45) is 3.41. The summed E-state index contributed by atoms with van der Waals surface area (Å²) >= 11 is 0. The van der Waals surface area contributed by atoms with Crippen LogP contribution in [0.4, 0.5) is 0 Å². The lowest BCUT2D eigenvalue weighted by Gasteiger charge is -2.09. The van der Waals surface area contributed by atoms with E-state index in [1.54, 1.807) is 0 Å². The SMILES string of the molecule is CCCCNCc1cccc(OCCc2ccccc2)c1. The van der Waals surface area contributed by atoms with Crippen LogP contribution in [0.1, 0.15) is 30.9 Å². The van der Waals surface area contributed by atoms with Gasteiger partial charge in [-0.15, -0.1) is 0 Å². The molecule has 2 nitrogen and oxygen atoms in total. The molecule has 1 N–H and O–H groups in total. The van der Waals surface area contributed by atoms with Crippen molar-refractivity contribution in [2.24, 2.45) is 0 Å². The maximum absolute atomic E-state index is 5.85. The summed E-state index contributed by atoms with van der Waals surface area (Å²) in [4.78, 5) is 0. The Kier molecular flexibility index (Phi) is 6.82. The van der Waals surface area contributed by atoms with Crippen LogP contribution >= 0.6 is 0 Å². The van der Waals surface area contributed by atoms with Crippen molar-refractivity contribution in [1.82, 2.24) is 5.32 Å². The van der Waals surface area contributed by atoms with Crippen LogP contribution in [0.2, 0.25) is 0 Å². The molecule has 0 aliphatic heterocycles. The minimum absolute atomic E-state index is 0.719. The molecule has 2 heteroatoms. The first-order chi connectivity index (χ1) is 10.4. The Morgan fingerprint density at radius 1 is 0.952 bits per heavy atom. The molecule has 0 aliphatic rings. The van der Waals surface area contributed by atoms with Crippen molar-refractivity contribution in [3.8, 4) is 5.75 Å². The van der Waals surface area contributed by atoms with Crippen molar-refractivity contribution in [3.63, 3.8) is 0 Å². The van der Waals surface area contributed by atoms with E-state index in [0.29, 0.717) is 0 Å². The van der Waals surface area contributed by atoms with Gasteiger partial charge in [0.15, 0.2) is 0 Å². The van der Waals surface area contributed by atoms with Gasteiger partial charge in [-0.05, 0) is 36.2 Å². The number of ether oxygens (including phenoxy) is 1. The molecule has 21 heavy (non-hydrogen) atoms. The largest absolute Gasteiger partial charge is 0.493 e. The Morgan fingerprint density at radius 3 is 2.57 bits per heavy atom. The van der Waals surface area contributed by atoms with Crippen LogP contribution in [0.25, 0.3) is 0 Å². The zero-order valence-electron chi connectivity index (χ0n) is 12.8. The highest BCUT2D eigenvalue weighted by molar-refractivity contribution is 5.28. The van der Waals surface area contributed by atoms with Gasteiger partial charge in [-0.1, -0.05) is 55.8 Å². The fourth-order valence-corrected chi connectivity index (χ4v) is 2.21. The van der Waals surface area contributed by atoms with Crippen molar-refractivity contribution in [1.29, 1.82) is 0 Å². The zero-order chi connectivity index (χ0) is 14.8. The average Bonchev–Trinajstić information content (AvgIpc) is 2.53. The number of nitrogens with one attached hydrogen (secondary N) is 1. The number of unbranched alkanes of at least 4 members (excludes halogenated alkanes) is 1. The molecule has 2 aromatic carbocycles. The van der Waals surface area contributed by atoms with E-state index in [9.17, 15) is 0 Å². The number of hydrogen-bond acceptors (Lipinski definition) is 2. The second-order valence-corrected chi connectivity index (χ2v) is 5.26. The highest BCUT2D eigenvalue weighted by atomic mass is 16.5. The Labute approximate surface area is 128 Å². The monoisotopic (exact) mass is 283 g/mol. The fraction of sp³-hybridized carbons (Fsp3) is 0.368. The van der Waals surface area contributed by atoms with Gasteiger partial charge in [-0.25, -0.2) is 0 Å². The van der Waals surface area contributed by atoms with Crippen molar-refractivity contribution < 1.29 is 4.74 Å². The first-order valence-corrected chi connectivity index (χ1v) is 7.85. The molecule has 0 radical (unpaired) electrons. The second kappa shape index (κ2) is 9.19. The van der Waals surface area contributed by atoms with Crippen LogP contribution < -0.4 is 10.1 Å². The van der Waals surface area contributed by atoms with Crippen molar-refractivity contribution in [3.05, 3.63) is 65.7 Å². The lowest BCUT2D eigenvalue weighted by molar-refractivity contribution is 0.321. The third-order valence-electron chi connectivity index (χ3n) is 3.44. The van der Waals surface area contributed by atoms with E-state index in [1.165, 1.54) is 24.0 Å². The van der Waals surface area contributed by atoms with E-state index in [0.717, 1.165) is 31.9 Å². The zero-order valence-corrected chi connectivity index (χ0v) is 12.8. The van der Waals surface area contributed by atoms with E-state index in [1.807, 2.05) is 12.1 Å². The molecular formula is C19H25NO. The van der Waals surface area contributed by atoms with E-state index < -0.39 is 0 Å². The average molecular weight is 283 g/mol. The minimum Gasteiger partial charge on any atom is -0.493 e. The molecule has 2 aromatic rings. The summed E-state index contributed by atoms with van der Waals surface area (Å²) in [5.41, 5.74) is 2.60. The Balaban J connectivity index is 1.75.